The van der Waals surface area contributed by atoms with Crippen molar-refractivity contribution in [3.63, 3.8) is 0 Å². The highest BCUT2D eigenvalue weighted by Gasteiger charge is 2.21. The molecule has 3 heterocycles. The topological polar surface area (TPSA) is 91.1 Å². The van der Waals surface area contributed by atoms with Crippen molar-refractivity contribution in [2.75, 3.05) is 24.9 Å². The van der Waals surface area contributed by atoms with Gasteiger partial charge in [0, 0.05) is 44.7 Å². The van der Waals surface area contributed by atoms with Gasteiger partial charge in [0.1, 0.15) is 5.69 Å². The van der Waals surface area contributed by atoms with Crippen LogP contribution in [0.5, 0.6) is 11.5 Å². The molecule has 0 saturated carbocycles. The monoisotopic (exact) mass is 429 g/mol. The Kier molecular flexibility index (Phi) is 5.32. The van der Waals surface area contributed by atoms with E-state index in [1.54, 1.807) is 35.0 Å². The molecule has 0 aliphatic rings. The minimum atomic E-state index is -0.849. The van der Waals surface area contributed by atoms with Crippen LogP contribution in [0.4, 0.5) is 25.8 Å². The summed E-state index contributed by atoms with van der Waals surface area (Å²) >= 11 is 0. The number of aryl methyl sites for hydroxylation is 2. The van der Waals surface area contributed by atoms with E-state index in [9.17, 15) is 8.78 Å². The second-order valence-corrected chi connectivity index (χ2v) is 6.83. The van der Waals surface area contributed by atoms with Gasteiger partial charge >= 0.3 is 0 Å². The van der Waals surface area contributed by atoms with Crippen LogP contribution in [-0.4, -0.2) is 38.8 Å². The zero-order valence-electron chi connectivity index (χ0n) is 17.4. The standard InChI is InChI=1S/C20H21F2N7O2/c1-28-10-12(8-25-28)27-18-11(7-24-20-13(18)9-26-29(20)2)6-23-19-16(21)14(30-3)5-15(31-4)17(19)22/h5,7-10,23H,6H2,1-4H3,(H,24,27). The van der Waals surface area contributed by atoms with Gasteiger partial charge in [0.2, 0.25) is 0 Å². The van der Waals surface area contributed by atoms with E-state index in [4.69, 9.17) is 9.47 Å². The third-order valence-electron chi connectivity index (χ3n) is 4.84. The molecular weight excluding hydrogens is 408 g/mol. The predicted octanol–water partition coefficient (Wildman–Crippen LogP) is 3.35. The van der Waals surface area contributed by atoms with Gasteiger partial charge in [0.15, 0.2) is 28.8 Å². The number of anilines is 3. The smallest absolute Gasteiger partial charge is 0.191 e. The van der Waals surface area contributed by atoms with Crippen LogP contribution in [0.2, 0.25) is 0 Å². The van der Waals surface area contributed by atoms with Crippen molar-refractivity contribution in [2.24, 2.45) is 14.1 Å². The lowest BCUT2D eigenvalue weighted by Gasteiger charge is -2.16. The fraction of sp³-hybridized carbons (Fsp3) is 0.250. The molecule has 0 amide bonds. The average molecular weight is 429 g/mol. The molecule has 11 heteroatoms. The molecule has 4 aromatic rings. The Morgan fingerprint density at radius 2 is 1.68 bits per heavy atom. The number of fused-ring (bicyclic) bond motifs is 1. The van der Waals surface area contributed by atoms with Gasteiger partial charge < -0.3 is 20.1 Å². The fourth-order valence-corrected chi connectivity index (χ4v) is 3.27. The van der Waals surface area contributed by atoms with Gasteiger partial charge in [0.25, 0.3) is 0 Å². The minimum absolute atomic E-state index is 0.0740. The van der Waals surface area contributed by atoms with Gasteiger partial charge in [-0.05, 0) is 0 Å². The Labute approximate surface area is 176 Å². The highest BCUT2D eigenvalue weighted by molar-refractivity contribution is 5.92. The Morgan fingerprint density at radius 1 is 0.968 bits per heavy atom. The second-order valence-electron chi connectivity index (χ2n) is 6.83. The Bertz CT molecular complexity index is 1220. The van der Waals surface area contributed by atoms with Gasteiger partial charge in [-0.2, -0.15) is 10.2 Å². The van der Waals surface area contributed by atoms with Crippen LogP contribution in [0.25, 0.3) is 11.0 Å². The molecule has 9 nitrogen and oxygen atoms in total. The Morgan fingerprint density at radius 3 is 2.29 bits per heavy atom. The van der Waals surface area contributed by atoms with Gasteiger partial charge in [-0.1, -0.05) is 0 Å². The first-order valence-electron chi connectivity index (χ1n) is 9.32. The van der Waals surface area contributed by atoms with Crippen molar-refractivity contribution < 1.29 is 18.3 Å². The van der Waals surface area contributed by atoms with E-state index < -0.39 is 11.6 Å². The number of aromatic nitrogens is 5. The van der Waals surface area contributed by atoms with Gasteiger partial charge in [-0.25, -0.2) is 13.8 Å². The van der Waals surface area contributed by atoms with Crippen LogP contribution in [0.15, 0.2) is 30.9 Å². The first kappa shape index (κ1) is 20.4. The van der Waals surface area contributed by atoms with Crippen LogP contribution in [-0.2, 0) is 20.6 Å². The number of ether oxygens (including phenoxy) is 2. The van der Waals surface area contributed by atoms with Crippen LogP contribution in [0.1, 0.15) is 5.56 Å². The summed E-state index contributed by atoms with van der Waals surface area (Å²) < 4.78 is 42.7. The van der Waals surface area contributed by atoms with E-state index in [2.05, 4.69) is 25.8 Å². The molecule has 4 rings (SSSR count). The van der Waals surface area contributed by atoms with Gasteiger partial charge in [-0.3, -0.25) is 9.36 Å². The largest absolute Gasteiger partial charge is 0.493 e. The maximum Gasteiger partial charge on any atom is 0.191 e. The lowest BCUT2D eigenvalue weighted by molar-refractivity contribution is 0.360. The van der Waals surface area contributed by atoms with Crippen LogP contribution >= 0.6 is 0 Å². The van der Waals surface area contributed by atoms with Crippen LogP contribution in [0, 0.1) is 11.6 Å². The van der Waals surface area contributed by atoms with Crippen LogP contribution in [0.3, 0.4) is 0 Å². The summed E-state index contributed by atoms with van der Waals surface area (Å²) in [4.78, 5) is 4.44. The number of halogens is 2. The van der Waals surface area contributed by atoms with Gasteiger partial charge in [0.05, 0.1) is 43.4 Å². The fourth-order valence-electron chi connectivity index (χ4n) is 3.27. The summed E-state index contributed by atoms with van der Waals surface area (Å²) in [5.41, 5.74) is 2.44. The molecule has 0 radical (unpaired) electrons. The van der Waals surface area contributed by atoms with Crippen molar-refractivity contribution in [1.29, 1.82) is 0 Å². The van der Waals surface area contributed by atoms with Crippen molar-refractivity contribution >= 4 is 28.1 Å². The number of nitrogens with one attached hydrogen (secondary N) is 2. The van der Waals surface area contributed by atoms with E-state index in [0.717, 1.165) is 17.1 Å². The molecular formula is C20H21F2N7O2. The number of hydrogen-bond donors (Lipinski definition) is 2. The summed E-state index contributed by atoms with van der Waals surface area (Å²) in [7, 11) is 6.20. The lowest BCUT2D eigenvalue weighted by atomic mass is 10.1. The molecule has 0 saturated heterocycles. The predicted molar refractivity (Wildman–Crippen MR) is 112 cm³/mol. The van der Waals surface area contributed by atoms with E-state index in [1.165, 1.54) is 14.2 Å². The minimum Gasteiger partial charge on any atom is -0.493 e. The van der Waals surface area contributed by atoms with Crippen LogP contribution < -0.4 is 20.1 Å². The molecule has 0 aliphatic heterocycles. The molecule has 0 bridgehead atoms. The summed E-state index contributed by atoms with van der Waals surface area (Å²) in [5, 5.41) is 15.3. The molecule has 0 aliphatic carbocycles. The number of rotatable bonds is 7. The zero-order chi connectivity index (χ0) is 22.1. The first-order valence-corrected chi connectivity index (χ1v) is 9.32. The van der Waals surface area contributed by atoms with E-state index in [1.807, 2.05) is 13.2 Å². The van der Waals surface area contributed by atoms with E-state index in [0.29, 0.717) is 16.9 Å². The maximum atomic E-state index is 14.7. The highest BCUT2D eigenvalue weighted by atomic mass is 19.1. The number of pyridine rings is 1. The summed E-state index contributed by atoms with van der Waals surface area (Å²) in [6.07, 6.45) is 6.79. The molecule has 162 valence electrons. The molecule has 3 aromatic heterocycles. The summed E-state index contributed by atoms with van der Waals surface area (Å²) in [6.45, 7) is 0.0740. The van der Waals surface area contributed by atoms with Crippen molar-refractivity contribution in [2.45, 2.75) is 6.54 Å². The third kappa shape index (κ3) is 3.69. The lowest BCUT2D eigenvalue weighted by Crippen LogP contribution is -2.09. The number of benzene rings is 1. The number of methoxy groups -OCH3 is 2. The van der Waals surface area contributed by atoms with E-state index in [-0.39, 0.29) is 23.7 Å². The summed E-state index contributed by atoms with van der Waals surface area (Å²) in [6, 6.07) is 1.16. The average Bonchev–Trinajstić information content (AvgIpc) is 3.34. The molecule has 0 unspecified atom stereocenters. The first-order chi connectivity index (χ1) is 14.9. The third-order valence-corrected chi connectivity index (χ3v) is 4.84. The second kappa shape index (κ2) is 8.09. The normalized spacial score (nSPS) is 11.0. The van der Waals surface area contributed by atoms with E-state index >= 15 is 0 Å². The SMILES string of the molecule is COc1cc(OC)c(F)c(NCc2cnc3c(cnn3C)c2Nc2cnn(C)c2)c1F. The van der Waals surface area contributed by atoms with Crippen molar-refractivity contribution in [1.82, 2.24) is 24.5 Å². The van der Waals surface area contributed by atoms with Crippen molar-refractivity contribution in [3.8, 4) is 11.5 Å². The Hall–Kier alpha value is -3.89. The summed E-state index contributed by atoms with van der Waals surface area (Å²) in [5.74, 6) is -1.96. The zero-order valence-corrected chi connectivity index (χ0v) is 17.4. The molecule has 0 spiro atoms. The van der Waals surface area contributed by atoms with Gasteiger partial charge in [-0.15, -0.1) is 0 Å². The maximum absolute atomic E-state index is 14.7. The molecule has 1 aromatic carbocycles. The molecule has 0 fully saturated rings. The quantitative estimate of drug-likeness (QED) is 0.466. The molecule has 0 atom stereocenters. The molecule has 2 N–H and O–H groups in total. The Balaban J connectivity index is 1.73. The molecule has 31 heavy (non-hydrogen) atoms. The number of nitrogens with zero attached hydrogens (tertiary/aromatic N) is 5. The van der Waals surface area contributed by atoms with Crippen molar-refractivity contribution in [3.05, 3.63) is 48.1 Å². The highest BCUT2D eigenvalue weighted by Crippen LogP contribution is 2.36. The number of hydrogen-bond acceptors (Lipinski definition) is 7.